The zero-order valence-corrected chi connectivity index (χ0v) is 19.0. The van der Waals surface area contributed by atoms with Crippen molar-refractivity contribution in [1.82, 2.24) is 0 Å². The normalized spacial score (nSPS) is 53.5. The molecule has 6 aliphatic rings. The highest BCUT2D eigenvalue weighted by atomic mass is 32.2. The second kappa shape index (κ2) is 5.88. The van der Waals surface area contributed by atoms with Crippen molar-refractivity contribution in [2.24, 2.45) is 11.3 Å². The van der Waals surface area contributed by atoms with Crippen LogP contribution in [-0.2, 0) is 28.5 Å². The van der Waals surface area contributed by atoms with Gasteiger partial charge in [-0.3, -0.25) is 4.79 Å². The van der Waals surface area contributed by atoms with Gasteiger partial charge in [0.25, 0.3) is 0 Å². The molecule has 0 radical (unpaired) electrons. The van der Waals surface area contributed by atoms with Crippen LogP contribution in [-0.4, -0.2) is 59.5 Å². The number of thiocyanates is 1. The fourth-order valence-electron chi connectivity index (χ4n) is 7.55. The number of thioether (sulfide) groups is 1. The van der Waals surface area contributed by atoms with Crippen LogP contribution in [0.2, 0.25) is 0 Å². The summed E-state index contributed by atoms with van der Waals surface area (Å²) in [6.07, 6.45) is 0.762. The summed E-state index contributed by atoms with van der Waals surface area (Å²) in [6, 6.07) is 0. The predicted octanol–water partition coefficient (Wildman–Crippen LogP) is 2.86. The van der Waals surface area contributed by atoms with Gasteiger partial charge >= 0.3 is 5.97 Å². The lowest BCUT2D eigenvalue weighted by Gasteiger charge is -2.61. The van der Waals surface area contributed by atoms with Crippen molar-refractivity contribution >= 4 is 17.7 Å². The molecule has 2 aliphatic carbocycles. The highest BCUT2D eigenvalue weighted by Crippen LogP contribution is 2.76. The fourth-order valence-corrected chi connectivity index (χ4v) is 8.59. The van der Waals surface area contributed by atoms with Crippen LogP contribution in [0.15, 0.2) is 23.5 Å². The molecule has 6 rings (SSSR count). The summed E-state index contributed by atoms with van der Waals surface area (Å²) in [5.74, 6) is 0.522. The maximum absolute atomic E-state index is 12.2. The van der Waals surface area contributed by atoms with E-state index in [1.807, 2.05) is 13.8 Å². The number of esters is 1. The summed E-state index contributed by atoms with van der Waals surface area (Å²) in [4.78, 5) is 12.2. The average Bonchev–Trinajstić information content (AvgIpc) is 3.58. The van der Waals surface area contributed by atoms with E-state index in [4.69, 9.17) is 23.7 Å². The van der Waals surface area contributed by atoms with Gasteiger partial charge in [0.15, 0.2) is 6.10 Å². The second-order valence-corrected chi connectivity index (χ2v) is 11.0. The van der Waals surface area contributed by atoms with E-state index in [9.17, 15) is 10.1 Å². The Morgan fingerprint density at radius 3 is 2.74 bits per heavy atom. The molecule has 4 heterocycles. The highest BCUT2D eigenvalue weighted by molar-refractivity contribution is 8.04. The van der Waals surface area contributed by atoms with Crippen LogP contribution in [0.25, 0.3) is 0 Å². The van der Waals surface area contributed by atoms with Gasteiger partial charge in [-0.25, -0.2) is 0 Å². The van der Waals surface area contributed by atoms with Gasteiger partial charge < -0.3 is 23.7 Å². The molecule has 3 saturated heterocycles. The van der Waals surface area contributed by atoms with E-state index in [0.717, 1.165) is 18.6 Å². The maximum atomic E-state index is 12.2. The molecule has 31 heavy (non-hydrogen) atoms. The van der Waals surface area contributed by atoms with Crippen LogP contribution in [0.5, 0.6) is 0 Å². The Kier molecular flexibility index (Phi) is 3.81. The quantitative estimate of drug-likeness (QED) is 0.364. The third-order valence-electron chi connectivity index (χ3n) is 9.05. The van der Waals surface area contributed by atoms with Gasteiger partial charge in [-0.2, -0.15) is 5.26 Å². The molecule has 0 amide bonds. The molecule has 4 fully saturated rings. The summed E-state index contributed by atoms with van der Waals surface area (Å²) in [7, 11) is 0. The SMILES string of the molecule is C=C1OCC2=C1CCC1(C)C2COC2(C)C(OC(C)=O)C3(OC3C)C(SC#N)C3OC312. The van der Waals surface area contributed by atoms with E-state index in [1.165, 1.54) is 29.8 Å². The average molecular weight is 446 g/mol. The smallest absolute Gasteiger partial charge is 0.303 e. The molecule has 166 valence electrons. The minimum absolute atomic E-state index is 0.130. The number of rotatable bonds is 2. The molecule has 0 N–H and O–H groups in total. The lowest BCUT2D eigenvalue weighted by Crippen LogP contribution is -2.76. The monoisotopic (exact) mass is 445 g/mol. The Labute approximate surface area is 186 Å². The summed E-state index contributed by atoms with van der Waals surface area (Å²) in [6.45, 7) is 12.8. The topological polar surface area (TPSA) is 93.6 Å². The van der Waals surface area contributed by atoms with Gasteiger partial charge in [0.05, 0.1) is 18.0 Å². The van der Waals surface area contributed by atoms with Crippen LogP contribution in [0.1, 0.15) is 40.5 Å². The first-order valence-electron chi connectivity index (χ1n) is 10.9. The number of nitriles is 1. The lowest BCUT2D eigenvalue weighted by atomic mass is 9.49. The van der Waals surface area contributed by atoms with E-state index in [2.05, 4.69) is 18.9 Å². The van der Waals surface area contributed by atoms with Crippen LogP contribution >= 0.6 is 11.8 Å². The molecule has 0 aromatic heterocycles. The number of nitrogens with zero attached hydrogens (tertiary/aromatic N) is 1. The van der Waals surface area contributed by atoms with E-state index in [0.29, 0.717) is 13.2 Å². The van der Waals surface area contributed by atoms with Crippen molar-refractivity contribution in [2.75, 3.05) is 13.2 Å². The Hall–Kier alpha value is -1.53. The van der Waals surface area contributed by atoms with Gasteiger partial charge in [-0.1, -0.05) is 13.5 Å². The number of epoxide rings is 2. The van der Waals surface area contributed by atoms with Gasteiger partial charge in [0.1, 0.15) is 40.7 Å². The molecular weight excluding hydrogens is 418 g/mol. The first kappa shape index (κ1) is 20.1. The summed E-state index contributed by atoms with van der Waals surface area (Å²) >= 11 is 1.17. The second-order valence-electron chi connectivity index (χ2n) is 10.1. The lowest BCUT2D eigenvalue weighted by molar-refractivity contribution is -0.259. The first-order chi connectivity index (χ1) is 14.7. The Morgan fingerprint density at radius 2 is 2.10 bits per heavy atom. The molecule has 1 saturated carbocycles. The molecule has 7 nitrogen and oxygen atoms in total. The molecule has 0 aromatic rings. The summed E-state index contributed by atoms with van der Waals surface area (Å²) in [5, 5.41) is 11.6. The minimum Gasteiger partial charge on any atom is -0.490 e. The number of fused-ring (bicyclic) bond motifs is 2. The van der Waals surface area contributed by atoms with Crippen molar-refractivity contribution in [3.05, 3.63) is 23.5 Å². The number of ether oxygens (including phenoxy) is 5. The van der Waals surface area contributed by atoms with Gasteiger partial charge in [0, 0.05) is 18.3 Å². The number of hydrogen-bond donors (Lipinski definition) is 0. The number of carbonyl (C=O) groups excluding carboxylic acids is 1. The maximum Gasteiger partial charge on any atom is 0.303 e. The van der Waals surface area contributed by atoms with Gasteiger partial charge in [0.2, 0.25) is 0 Å². The largest absolute Gasteiger partial charge is 0.490 e. The molecule has 2 spiro atoms. The van der Waals surface area contributed by atoms with E-state index >= 15 is 0 Å². The first-order valence-corrected chi connectivity index (χ1v) is 11.8. The molecule has 0 aromatic carbocycles. The van der Waals surface area contributed by atoms with Crippen LogP contribution in [0.3, 0.4) is 0 Å². The van der Waals surface area contributed by atoms with Crippen molar-refractivity contribution in [3.8, 4) is 5.40 Å². The van der Waals surface area contributed by atoms with Crippen molar-refractivity contribution in [3.63, 3.8) is 0 Å². The Bertz CT molecular complexity index is 989. The summed E-state index contributed by atoms with van der Waals surface area (Å²) in [5.41, 5.74) is -0.0943. The van der Waals surface area contributed by atoms with E-state index in [-0.39, 0.29) is 34.8 Å². The van der Waals surface area contributed by atoms with E-state index in [1.54, 1.807) is 0 Å². The van der Waals surface area contributed by atoms with Crippen LogP contribution < -0.4 is 0 Å². The third-order valence-corrected chi connectivity index (χ3v) is 10.0. The Morgan fingerprint density at radius 1 is 1.35 bits per heavy atom. The van der Waals surface area contributed by atoms with Gasteiger partial charge in [-0.15, -0.1) is 0 Å². The molecule has 0 bridgehead atoms. The zero-order valence-electron chi connectivity index (χ0n) is 18.2. The van der Waals surface area contributed by atoms with Crippen molar-refractivity contribution in [2.45, 2.75) is 80.9 Å². The molecule has 4 aliphatic heterocycles. The third kappa shape index (κ3) is 2.06. The molecule has 9 atom stereocenters. The van der Waals surface area contributed by atoms with E-state index < -0.39 is 22.9 Å². The van der Waals surface area contributed by atoms with Crippen molar-refractivity contribution in [1.29, 1.82) is 5.26 Å². The van der Waals surface area contributed by atoms with Gasteiger partial charge in [-0.05, 0) is 49.6 Å². The predicted molar refractivity (Wildman–Crippen MR) is 111 cm³/mol. The van der Waals surface area contributed by atoms with Crippen LogP contribution in [0, 0.1) is 22.0 Å². The van der Waals surface area contributed by atoms with Crippen LogP contribution in [0.4, 0.5) is 0 Å². The fraction of sp³-hybridized carbons (Fsp3) is 0.739. The van der Waals surface area contributed by atoms with Crippen molar-refractivity contribution < 1.29 is 28.5 Å². The zero-order chi connectivity index (χ0) is 22.0. The summed E-state index contributed by atoms with van der Waals surface area (Å²) < 4.78 is 31.2. The Balaban J connectivity index is 1.50. The molecule has 8 heteroatoms. The molecule has 9 unspecified atom stereocenters. The number of hydrogen-bond acceptors (Lipinski definition) is 8. The highest BCUT2D eigenvalue weighted by Gasteiger charge is 2.92. The minimum atomic E-state index is -0.875. The molecular formula is C23H27NO6S. The standard InChI is InChI=1S/C23H27NO6S/c1-11-14-6-7-20(4)16(15(14)8-26-11)9-27-21(5)19(28-13(3)25)22(12(2)29-22)18(31-10-24)17-23(20,21)30-17/h12,16-19H,1,6-9H2,2-5H3. The number of carbonyl (C=O) groups is 1. The number of allylic oxidation sites excluding steroid dienone is 1.